The Balaban J connectivity index is 1.55. The fourth-order valence-electron chi connectivity index (χ4n) is 2.63. The summed E-state index contributed by atoms with van der Waals surface area (Å²) in [5, 5.41) is 4.47. The number of nitrogens with zero attached hydrogens (tertiary/aromatic N) is 1. The molecule has 0 aliphatic carbocycles. The Morgan fingerprint density at radius 3 is 2.27 bits per heavy atom. The zero-order valence-electron chi connectivity index (χ0n) is 17.9. The van der Waals surface area contributed by atoms with Crippen LogP contribution in [0.1, 0.15) is 15.9 Å². The van der Waals surface area contributed by atoms with Gasteiger partial charge in [0.2, 0.25) is 0 Å². The average molecular weight is 469 g/mol. The highest BCUT2D eigenvalue weighted by atomic mass is 35.5. The highest BCUT2D eigenvalue weighted by Crippen LogP contribution is 2.28. The van der Waals surface area contributed by atoms with Crippen molar-refractivity contribution >= 4 is 29.7 Å². The predicted molar refractivity (Wildman–Crippen MR) is 124 cm³/mol. The van der Waals surface area contributed by atoms with E-state index in [9.17, 15) is 9.59 Å². The van der Waals surface area contributed by atoms with E-state index in [-0.39, 0.29) is 12.4 Å². The summed E-state index contributed by atoms with van der Waals surface area (Å²) in [5.74, 6) is 0.761. The number of halogens is 1. The van der Waals surface area contributed by atoms with Crippen molar-refractivity contribution in [2.75, 3.05) is 20.8 Å². The van der Waals surface area contributed by atoms with Crippen molar-refractivity contribution < 1.29 is 28.5 Å². The Kier molecular flexibility index (Phi) is 8.26. The first-order valence-electron chi connectivity index (χ1n) is 9.73. The van der Waals surface area contributed by atoms with E-state index in [0.717, 1.165) is 0 Å². The molecule has 33 heavy (non-hydrogen) atoms. The van der Waals surface area contributed by atoms with Crippen LogP contribution in [-0.2, 0) is 4.79 Å². The van der Waals surface area contributed by atoms with E-state index < -0.39 is 11.9 Å². The van der Waals surface area contributed by atoms with Crippen LogP contribution in [0.2, 0.25) is 5.02 Å². The molecule has 0 atom stereocenters. The number of carbonyl (C=O) groups excluding carboxylic acids is 2. The number of ether oxygens (including phenoxy) is 4. The van der Waals surface area contributed by atoms with Crippen molar-refractivity contribution in [2.45, 2.75) is 0 Å². The fourth-order valence-corrected chi connectivity index (χ4v) is 2.75. The van der Waals surface area contributed by atoms with Crippen molar-refractivity contribution in [1.29, 1.82) is 0 Å². The van der Waals surface area contributed by atoms with E-state index in [1.54, 1.807) is 73.8 Å². The number of methoxy groups -OCH3 is 2. The molecule has 0 heterocycles. The number of hydrogen-bond acceptors (Lipinski definition) is 7. The molecule has 0 aliphatic rings. The topological polar surface area (TPSA) is 95.5 Å². The SMILES string of the molecule is COc1ccc(C(=O)Oc2ccc(/C=N/NC(=O)COc3ccc(Cl)cc3)cc2OC)cc1. The summed E-state index contributed by atoms with van der Waals surface area (Å²) in [6, 6.07) is 18.1. The van der Waals surface area contributed by atoms with Gasteiger partial charge in [0.15, 0.2) is 18.1 Å². The third-order valence-corrected chi connectivity index (χ3v) is 4.55. The zero-order valence-corrected chi connectivity index (χ0v) is 18.7. The Morgan fingerprint density at radius 1 is 0.909 bits per heavy atom. The van der Waals surface area contributed by atoms with Gasteiger partial charge in [0, 0.05) is 5.02 Å². The van der Waals surface area contributed by atoms with Gasteiger partial charge in [-0.25, -0.2) is 10.2 Å². The molecule has 1 amide bonds. The molecule has 9 heteroatoms. The highest BCUT2D eigenvalue weighted by molar-refractivity contribution is 6.30. The summed E-state index contributed by atoms with van der Waals surface area (Å²) in [6.45, 7) is -0.206. The first-order valence-corrected chi connectivity index (χ1v) is 10.1. The molecule has 0 radical (unpaired) electrons. The molecule has 0 bridgehead atoms. The van der Waals surface area contributed by atoms with Crippen LogP contribution < -0.4 is 24.4 Å². The van der Waals surface area contributed by atoms with Crippen LogP contribution in [0, 0.1) is 0 Å². The maximum absolute atomic E-state index is 12.4. The van der Waals surface area contributed by atoms with Gasteiger partial charge in [-0.2, -0.15) is 5.10 Å². The molecule has 3 rings (SSSR count). The molecule has 0 saturated carbocycles. The van der Waals surface area contributed by atoms with Gasteiger partial charge in [-0.15, -0.1) is 0 Å². The van der Waals surface area contributed by atoms with Crippen molar-refractivity contribution in [1.82, 2.24) is 5.43 Å². The second-order valence-electron chi connectivity index (χ2n) is 6.56. The molecule has 0 unspecified atom stereocenters. The average Bonchev–Trinajstić information content (AvgIpc) is 2.84. The second kappa shape index (κ2) is 11.5. The quantitative estimate of drug-likeness (QED) is 0.220. The van der Waals surface area contributed by atoms with Gasteiger partial charge in [-0.1, -0.05) is 11.6 Å². The van der Waals surface area contributed by atoms with E-state index in [2.05, 4.69) is 10.5 Å². The van der Waals surface area contributed by atoms with Gasteiger partial charge in [-0.05, 0) is 72.3 Å². The summed E-state index contributed by atoms with van der Waals surface area (Å²) in [5.41, 5.74) is 3.36. The Bertz CT molecular complexity index is 1130. The normalized spacial score (nSPS) is 10.5. The van der Waals surface area contributed by atoms with Crippen molar-refractivity contribution in [3.8, 4) is 23.0 Å². The van der Waals surface area contributed by atoms with E-state index in [0.29, 0.717) is 33.4 Å². The van der Waals surface area contributed by atoms with E-state index in [1.807, 2.05) is 0 Å². The molecule has 170 valence electrons. The molecule has 0 spiro atoms. The van der Waals surface area contributed by atoms with Crippen LogP contribution >= 0.6 is 11.6 Å². The number of carbonyl (C=O) groups is 2. The van der Waals surface area contributed by atoms with Crippen LogP contribution in [0.3, 0.4) is 0 Å². The first-order chi connectivity index (χ1) is 16.0. The van der Waals surface area contributed by atoms with Crippen LogP contribution in [0.25, 0.3) is 0 Å². The third-order valence-electron chi connectivity index (χ3n) is 4.30. The Labute approximate surface area is 195 Å². The lowest BCUT2D eigenvalue weighted by atomic mass is 10.2. The Hall–Kier alpha value is -4.04. The van der Waals surface area contributed by atoms with Crippen molar-refractivity contribution in [2.24, 2.45) is 5.10 Å². The van der Waals surface area contributed by atoms with E-state index >= 15 is 0 Å². The van der Waals surface area contributed by atoms with Crippen molar-refractivity contribution in [3.63, 3.8) is 0 Å². The first kappa shape index (κ1) is 23.6. The molecular weight excluding hydrogens is 448 g/mol. The van der Waals surface area contributed by atoms with Gasteiger partial charge < -0.3 is 18.9 Å². The lowest BCUT2D eigenvalue weighted by Crippen LogP contribution is -2.24. The standard InChI is InChI=1S/C24H21ClN2O6/c1-30-19-8-4-17(5-9-19)24(29)33-21-12-3-16(13-22(21)31-2)14-26-27-23(28)15-32-20-10-6-18(25)7-11-20/h3-14H,15H2,1-2H3,(H,27,28)/b26-14+. The lowest BCUT2D eigenvalue weighted by molar-refractivity contribution is -0.123. The van der Waals surface area contributed by atoms with Crippen LogP contribution in [0.4, 0.5) is 0 Å². The molecule has 0 aromatic heterocycles. The lowest BCUT2D eigenvalue weighted by Gasteiger charge is -2.10. The summed E-state index contributed by atoms with van der Waals surface area (Å²) >= 11 is 5.80. The van der Waals surface area contributed by atoms with Crippen LogP contribution in [0.15, 0.2) is 71.8 Å². The van der Waals surface area contributed by atoms with Crippen LogP contribution in [-0.4, -0.2) is 38.9 Å². The highest BCUT2D eigenvalue weighted by Gasteiger charge is 2.13. The number of amides is 1. The van der Waals surface area contributed by atoms with Crippen LogP contribution in [0.5, 0.6) is 23.0 Å². The summed E-state index contributed by atoms with van der Waals surface area (Å²) in [7, 11) is 3.00. The molecule has 3 aromatic rings. The predicted octanol–water partition coefficient (Wildman–Crippen LogP) is 4.11. The third kappa shape index (κ3) is 6.98. The molecular formula is C24H21ClN2O6. The zero-order chi connectivity index (χ0) is 23.6. The number of hydrogen-bond donors (Lipinski definition) is 1. The molecule has 0 aliphatic heterocycles. The maximum Gasteiger partial charge on any atom is 0.343 e. The summed E-state index contributed by atoms with van der Waals surface area (Å²) < 4.78 is 21.2. The van der Waals surface area contributed by atoms with Gasteiger partial charge in [-0.3, -0.25) is 4.79 Å². The van der Waals surface area contributed by atoms with Gasteiger partial charge in [0.05, 0.1) is 26.0 Å². The number of esters is 1. The molecule has 3 aromatic carbocycles. The number of rotatable bonds is 9. The second-order valence-corrected chi connectivity index (χ2v) is 7.00. The van der Waals surface area contributed by atoms with E-state index in [1.165, 1.54) is 13.3 Å². The van der Waals surface area contributed by atoms with Gasteiger partial charge in [0.1, 0.15) is 11.5 Å². The van der Waals surface area contributed by atoms with Gasteiger partial charge in [0.25, 0.3) is 5.91 Å². The minimum Gasteiger partial charge on any atom is -0.497 e. The minimum atomic E-state index is -0.537. The van der Waals surface area contributed by atoms with E-state index in [4.69, 9.17) is 30.5 Å². The van der Waals surface area contributed by atoms with Gasteiger partial charge >= 0.3 is 5.97 Å². The fraction of sp³-hybridized carbons (Fsp3) is 0.125. The largest absolute Gasteiger partial charge is 0.497 e. The monoisotopic (exact) mass is 468 g/mol. The summed E-state index contributed by atoms with van der Waals surface area (Å²) in [6.07, 6.45) is 1.43. The molecule has 1 N–H and O–H groups in total. The Morgan fingerprint density at radius 2 is 1.61 bits per heavy atom. The number of nitrogens with one attached hydrogen (secondary N) is 1. The molecule has 8 nitrogen and oxygen atoms in total. The summed E-state index contributed by atoms with van der Waals surface area (Å²) in [4.78, 5) is 24.3. The maximum atomic E-state index is 12.4. The smallest absolute Gasteiger partial charge is 0.343 e. The number of hydrazone groups is 1. The molecule has 0 fully saturated rings. The minimum absolute atomic E-state index is 0.206. The van der Waals surface area contributed by atoms with Crippen molar-refractivity contribution in [3.05, 3.63) is 82.9 Å². The number of benzene rings is 3. The molecule has 0 saturated heterocycles.